The topological polar surface area (TPSA) is 112 Å². The molecule has 2 amide bonds. The molecule has 2 N–H and O–H groups in total. The van der Waals surface area contributed by atoms with Crippen molar-refractivity contribution in [3.05, 3.63) is 46.8 Å². The van der Waals surface area contributed by atoms with Gasteiger partial charge in [-0.1, -0.05) is 11.6 Å². The van der Waals surface area contributed by atoms with E-state index in [4.69, 9.17) is 11.6 Å². The van der Waals surface area contributed by atoms with Crippen LogP contribution in [0.2, 0.25) is 5.02 Å². The number of aryl methyl sites for hydroxylation is 2. The summed E-state index contributed by atoms with van der Waals surface area (Å²) in [6.07, 6.45) is 6.41. The van der Waals surface area contributed by atoms with Crippen LogP contribution < -0.4 is 10.6 Å². The summed E-state index contributed by atoms with van der Waals surface area (Å²) in [5.74, 6) is -0.692. The number of amides is 2. The molecular weight excluding hydrogens is 384 g/mol. The van der Waals surface area contributed by atoms with Gasteiger partial charge in [-0.3, -0.25) is 23.6 Å². The van der Waals surface area contributed by atoms with Crippen molar-refractivity contribution in [3.8, 4) is 0 Å². The summed E-state index contributed by atoms with van der Waals surface area (Å²) in [6, 6.07) is -0.612. The summed E-state index contributed by atoms with van der Waals surface area (Å²) in [4.78, 5) is 25.3. The lowest BCUT2D eigenvalue weighted by Gasteiger charge is -2.15. The molecule has 1 atom stereocenters. The molecule has 148 valence electrons. The molecule has 0 aliphatic heterocycles. The van der Waals surface area contributed by atoms with Crippen molar-refractivity contribution in [2.45, 2.75) is 26.4 Å². The minimum atomic E-state index is -0.612. The second-order valence-corrected chi connectivity index (χ2v) is 6.83. The molecule has 0 aliphatic carbocycles. The Hall–Kier alpha value is -3.14. The zero-order chi connectivity index (χ0) is 20.4. The molecule has 3 aromatic heterocycles. The van der Waals surface area contributed by atoms with Crippen LogP contribution in [0.5, 0.6) is 0 Å². The minimum absolute atomic E-state index is 0.250. The van der Waals surface area contributed by atoms with Gasteiger partial charge < -0.3 is 10.6 Å². The third kappa shape index (κ3) is 3.91. The van der Waals surface area contributed by atoms with Gasteiger partial charge in [0.2, 0.25) is 5.91 Å². The lowest BCUT2D eigenvalue weighted by molar-refractivity contribution is -0.119. The highest BCUT2D eigenvalue weighted by atomic mass is 35.5. The molecule has 28 heavy (non-hydrogen) atoms. The number of nitrogens with one attached hydrogen (secondary N) is 2. The van der Waals surface area contributed by atoms with Crippen LogP contribution in [-0.4, -0.2) is 41.2 Å². The SMILES string of the molecule is Cc1c(Cl)cnn1[C@@H](C)C(=O)Nc1cnn(C)c1C(=O)NCc1cnn(C)c1. The van der Waals surface area contributed by atoms with E-state index in [0.29, 0.717) is 22.9 Å². The highest BCUT2D eigenvalue weighted by molar-refractivity contribution is 6.31. The van der Waals surface area contributed by atoms with E-state index < -0.39 is 6.04 Å². The maximum atomic E-state index is 12.6. The Morgan fingerprint density at radius 1 is 1.18 bits per heavy atom. The molecule has 3 aromatic rings. The molecule has 0 aromatic carbocycles. The summed E-state index contributed by atoms with van der Waals surface area (Å²) in [6.45, 7) is 3.79. The van der Waals surface area contributed by atoms with E-state index in [1.807, 2.05) is 6.20 Å². The predicted molar refractivity (Wildman–Crippen MR) is 103 cm³/mol. The molecule has 0 radical (unpaired) electrons. The first kappa shape index (κ1) is 19.6. The average molecular weight is 405 g/mol. The van der Waals surface area contributed by atoms with Crippen LogP contribution in [0.15, 0.2) is 24.8 Å². The Kier molecular flexibility index (Phi) is 5.50. The Labute approximate surface area is 166 Å². The number of halogens is 1. The van der Waals surface area contributed by atoms with E-state index in [1.165, 1.54) is 21.8 Å². The maximum absolute atomic E-state index is 12.6. The molecule has 3 heterocycles. The lowest BCUT2D eigenvalue weighted by Crippen LogP contribution is -2.29. The summed E-state index contributed by atoms with van der Waals surface area (Å²) in [5, 5.41) is 18.3. The molecule has 0 aliphatic rings. The third-order valence-corrected chi connectivity index (χ3v) is 4.73. The zero-order valence-electron chi connectivity index (χ0n) is 16.0. The van der Waals surface area contributed by atoms with Crippen LogP contribution in [-0.2, 0) is 25.4 Å². The number of rotatable bonds is 6. The van der Waals surface area contributed by atoms with E-state index in [9.17, 15) is 9.59 Å². The van der Waals surface area contributed by atoms with Gasteiger partial charge in [0.25, 0.3) is 5.91 Å². The number of aromatic nitrogens is 6. The largest absolute Gasteiger partial charge is 0.346 e. The lowest BCUT2D eigenvalue weighted by atomic mass is 10.2. The second-order valence-electron chi connectivity index (χ2n) is 6.42. The quantitative estimate of drug-likeness (QED) is 0.645. The van der Waals surface area contributed by atoms with Gasteiger partial charge in [-0.05, 0) is 13.8 Å². The fraction of sp³-hybridized carbons (Fsp3) is 0.353. The minimum Gasteiger partial charge on any atom is -0.346 e. The number of hydrogen-bond donors (Lipinski definition) is 2. The van der Waals surface area contributed by atoms with Gasteiger partial charge in [0.1, 0.15) is 11.7 Å². The second kappa shape index (κ2) is 7.85. The van der Waals surface area contributed by atoms with Crippen molar-refractivity contribution in [3.63, 3.8) is 0 Å². The van der Waals surface area contributed by atoms with Crippen LogP contribution >= 0.6 is 11.6 Å². The highest BCUT2D eigenvalue weighted by Crippen LogP contribution is 2.20. The van der Waals surface area contributed by atoms with Crippen molar-refractivity contribution in [1.82, 2.24) is 34.7 Å². The van der Waals surface area contributed by atoms with E-state index in [0.717, 1.165) is 5.56 Å². The number of hydrogen-bond acceptors (Lipinski definition) is 5. The van der Waals surface area contributed by atoms with Crippen molar-refractivity contribution >= 4 is 29.1 Å². The van der Waals surface area contributed by atoms with E-state index in [2.05, 4.69) is 25.9 Å². The molecular formula is C17H21ClN8O2. The fourth-order valence-electron chi connectivity index (χ4n) is 2.77. The van der Waals surface area contributed by atoms with E-state index in [-0.39, 0.29) is 17.5 Å². The van der Waals surface area contributed by atoms with Crippen molar-refractivity contribution in [1.29, 1.82) is 0 Å². The van der Waals surface area contributed by atoms with Crippen LogP contribution in [0, 0.1) is 6.92 Å². The van der Waals surface area contributed by atoms with Crippen LogP contribution in [0.3, 0.4) is 0 Å². The van der Waals surface area contributed by atoms with E-state index >= 15 is 0 Å². The van der Waals surface area contributed by atoms with Gasteiger partial charge in [0, 0.05) is 32.4 Å². The maximum Gasteiger partial charge on any atom is 0.271 e. The first-order valence-corrected chi connectivity index (χ1v) is 8.94. The summed E-state index contributed by atoms with van der Waals surface area (Å²) in [7, 11) is 3.44. The molecule has 11 heteroatoms. The van der Waals surface area contributed by atoms with Gasteiger partial charge in [0.15, 0.2) is 0 Å². The normalized spacial score (nSPS) is 12.0. The smallest absolute Gasteiger partial charge is 0.271 e. The monoisotopic (exact) mass is 404 g/mol. The summed E-state index contributed by atoms with van der Waals surface area (Å²) in [5.41, 5.74) is 2.12. The standard InChI is InChI=1S/C17H21ClN8O2/c1-10-13(18)7-22-26(10)11(2)16(27)23-14-8-21-25(4)15(14)17(28)19-5-12-6-20-24(3)9-12/h6-9,11H,5H2,1-4H3,(H,19,28)(H,23,27)/t11-/m0/s1. The first-order valence-electron chi connectivity index (χ1n) is 8.56. The van der Waals surface area contributed by atoms with Crippen molar-refractivity contribution in [2.24, 2.45) is 14.1 Å². The summed E-state index contributed by atoms with van der Waals surface area (Å²) >= 11 is 6.01. The number of carbonyl (C=O) groups is 2. The van der Waals surface area contributed by atoms with Gasteiger partial charge in [-0.15, -0.1) is 0 Å². The molecule has 0 unspecified atom stereocenters. The van der Waals surface area contributed by atoms with Gasteiger partial charge in [0.05, 0.1) is 35.0 Å². The number of nitrogens with zero attached hydrogens (tertiary/aromatic N) is 6. The van der Waals surface area contributed by atoms with Gasteiger partial charge >= 0.3 is 0 Å². The molecule has 0 spiro atoms. The Bertz CT molecular complexity index is 1020. The van der Waals surface area contributed by atoms with Crippen LogP contribution in [0.1, 0.15) is 34.7 Å². The molecule has 3 rings (SSSR count). The predicted octanol–water partition coefficient (Wildman–Crippen LogP) is 1.44. The first-order chi connectivity index (χ1) is 13.3. The highest BCUT2D eigenvalue weighted by Gasteiger charge is 2.23. The summed E-state index contributed by atoms with van der Waals surface area (Å²) < 4.78 is 4.59. The number of carbonyl (C=O) groups excluding carboxylic acids is 2. The van der Waals surface area contributed by atoms with Crippen LogP contribution in [0.4, 0.5) is 5.69 Å². The number of anilines is 1. The van der Waals surface area contributed by atoms with Crippen molar-refractivity contribution < 1.29 is 9.59 Å². The Morgan fingerprint density at radius 3 is 2.54 bits per heavy atom. The molecule has 0 fully saturated rings. The molecule has 0 bridgehead atoms. The molecule has 10 nitrogen and oxygen atoms in total. The third-order valence-electron chi connectivity index (χ3n) is 4.35. The average Bonchev–Trinajstić information content (AvgIpc) is 3.33. The van der Waals surface area contributed by atoms with Gasteiger partial charge in [-0.2, -0.15) is 15.3 Å². The fourth-order valence-corrected chi connectivity index (χ4v) is 2.90. The zero-order valence-corrected chi connectivity index (χ0v) is 16.7. The van der Waals surface area contributed by atoms with Crippen molar-refractivity contribution in [2.75, 3.05) is 5.32 Å². The van der Waals surface area contributed by atoms with Crippen LogP contribution in [0.25, 0.3) is 0 Å². The molecule has 0 saturated heterocycles. The van der Waals surface area contributed by atoms with Gasteiger partial charge in [-0.25, -0.2) is 0 Å². The Balaban J connectivity index is 1.72. The Morgan fingerprint density at radius 2 is 1.93 bits per heavy atom. The van der Waals surface area contributed by atoms with E-state index in [1.54, 1.807) is 38.8 Å². The molecule has 0 saturated carbocycles.